The Labute approximate surface area is 167 Å². The van der Waals surface area contributed by atoms with Crippen LogP contribution in [0.5, 0.6) is 0 Å². The van der Waals surface area contributed by atoms with Crippen molar-refractivity contribution in [2.24, 2.45) is 0 Å². The standard InChI is InChI=1S/C20H30N2O5S/c1-15(2)21(4)28(25,26)18-11-9-10-17(14-18)20(24)27-16(3)19(23)22-12-7-5-6-8-13-22/h9-11,14-16H,5-8,12-13H2,1-4H3/t16-/m0/s1. The van der Waals surface area contributed by atoms with Crippen LogP contribution < -0.4 is 0 Å². The van der Waals surface area contributed by atoms with Crippen LogP contribution in [0.2, 0.25) is 0 Å². The second kappa shape index (κ2) is 9.52. The average molecular weight is 411 g/mol. The molecule has 1 aliphatic rings. The summed E-state index contributed by atoms with van der Waals surface area (Å²) in [6.45, 7) is 6.45. The number of hydrogen-bond donors (Lipinski definition) is 0. The third-order valence-corrected chi connectivity index (χ3v) is 7.05. The van der Waals surface area contributed by atoms with Gasteiger partial charge in [0.25, 0.3) is 5.91 Å². The molecule has 1 saturated heterocycles. The summed E-state index contributed by atoms with van der Waals surface area (Å²) in [6.07, 6.45) is 3.20. The fourth-order valence-electron chi connectivity index (χ4n) is 3.05. The highest BCUT2D eigenvalue weighted by Crippen LogP contribution is 2.19. The van der Waals surface area contributed by atoms with Crippen molar-refractivity contribution in [3.63, 3.8) is 0 Å². The number of rotatable bonds is 6. The summed E-state index contributed by atoms with van der Waals surface area (Å²) in [5.74, 6) is -0.918. The number of ether oxygens (including phenoxy) is 1. The molecule has 0 saturated carbocycles. The molecule has 156 valence electrons. The van der Waals surface area contributed by atoms with E-state index in [1.807, 2.05) is 0 Å². The fourth-order valence-corrected chi connectivity index (χ4v) is 4.47. The third kappa shape index (κ3) is 5.32. The Kier molecular flexibility index (Phi) is 7.60. The van der Waals surface area contributed by atoms with Crippen molar-refractivity contribution in [1.82, 2.24) is 9.21 Å². The van der Waals surface area contributed by atoms with Gasteiger partial charge in [-0.1, -0.05) is 18.9 Å². The Morgan fingerprint density at radius 2 is 1.68 bits per heavy atom. The zero-order valence-electron chi connectivity index (χ0n) is 17.1. The molecule has 8 heteroatoms. The van der Waals surface area contributed by atoms with Crippen LogP contribution in [-0.4, -0.2) is 61.8 Å². The van der Waals surface area contributed by atoms with E-state index in [0.717, 1.165) is 25.7 Å². The van der Waals surface area contributed by atoms with E-state index in [0.29, 0.717) is 13.1 Å². The van der Waals surface area contributed by atoms with Crippen LogP contribution in [0.25, 0.3) is 0 Å². The predicted octanol–water partition coefficient (Wildman–Crippen LogP) is 2.66. The molecule has 1 aromatic rings. The number of esters is 1. The number of hydrogen-bond acceptors (Lipinski definition) is 5. The predicted molar refractivity (Wildman–Crippen MR) is 106 cm³/mol. The molecular weight excluding hydrogens is 380 g/mol. The lowest BCUT2D eigenvalue weighted by molar-refractivity contribution is -0.139. The van der Waals surface area contributed by atoms with E-state index in [-0.39, 0.29) is 22.4 Å². The highest BCUT2D eigenvalue weighted by molar-refractivity contribution is 7.89. The van der Waals surface area contributed by atoms with Crippen molar-refractivity contribution in [3.05, 3.63) is 29.8 Å². The van der Waals surface area contributed by atoms with Gasteiger partial charge < -0.3 is 9.64 Å². The molecule has 0 unspecified atom stereocenters. The summed E-state index contributed by atoms with van der Waals surface area (Å²) in [5, 5.41) is 0. The van der Waals surface area contributed by atoms with E-state index in [1.165, 1.54) is 35.6 Å². The molecule has 0 bridgehead atoms. The number of sulfonamides is 1. The summed E-state index contributed by atoms with van der Waals surface area (Å²) >= 11 is 0. The Morgan fingerprint density at radius 3 is 2.25 bits per heavy atom. The number of carbonyl (C=O) groups excluding carboxylic acids is 2. The largest absolute Gasteiger partial charge is 0.449 e. The van der Waals surface area contributed by atoms with Crippen molar-refractivity contribution in [1.29, 1.82) is 0 Å². The molecule has 1 heterocycles. The van der Waals surface area contributed by atoms with Crippen molar-refractivity contribution in [3.8, 4) is 0 Å². The maximum absolute atomic E-state index is 12.6. The van der Waals surface area contributed by atoms with Gasteiger partial charge >= 0.3 is 5.97 Å². The van der Waals surface area contributed by atoms with Crippen LogP contribution in [0.1, 0.15) is 56.8 Å². The second-order valence-electron chi connectivity index (χ2n) is 7.43. The molecule has 2 rings (SSSR count). The smallest absolute Gasteiger partial charge is 0.338 e. The molecule has 0 N–H and O–H groups in total. The summed E-state index contributed by atoms with van der Waals surface area (Å²) in [5.41, 5.74) is 0.105. The number of likely N-dealkylation sites (tertiary alicyclic amines) is 1. The van der Waals surface area contributed by atoms with E-state index < -0.39 is 22.1 Å². The lowest BCUT2D eigenvalue weighted by Crippen LogP contribution is -2.40. The Morgan fingerprint density at radius 1 is 1.07 bits per heavy atom. The molecule has 1 fully saturated rings. The zero-order valence-corrected chi connectivity index (χ0v) is 17.9. The number of benzene rings is 1. The average Bonchev–Trinajstić information content (AvgIpc) is 2.96. The van der Waals surface area contributed by atoms with Crippen LogP contribution in [0, 0.1) is 0 Å². The van der Waals surface area contributed by atoms with Gasteiger partial charge in [0, 0.05) is 26.2 Å². The van der Waals surface area contributed by atoms with Crippen LogP contribution in [-0.2, 0) is 19.6 Å². The number of amides is 1. The third-order valence-electron chi connectivity index (χ3n) is 5.02. The molecule has 0 aliphatic carbocycles. The first-order valence-electron chi connectivity index (χ1n) is 9.72. The Bertz CT molecular complexity index is 799. The van der Waals surface area contributed by atoms with Gasteiger partial charge in [-0.25, -0.2) is 13.2 Å². The normalized spacial score (nSPS) is 16.7. The van der Waals surface area contributed by atoms with Crippen LogP contribution >= 0.6 is 0 Å². The SMILES string of the molecule is CC(C)N(C)S(=O)(=O)c1cccc(C(=O)O[C@@H](C)C(=O)N2CCCCCC2)c1. The molecular formula is C20H30N2O5S. The monoisotopic (exact) mass is 410 g/mol. The first kappa shape index (κ1) is 22.4. The Hall–Kier alpha value is -1.93. The van der Waals surface area contributed by atoms with Gasteiger partial charge in [-0.05, 0) is 51.8 Å². The molecule has 1 aliphatic heterocycles. The fraction of sp³-hybridized carbons (Fsp3) is 0.600. The maximum atomic E-state index is 12.6. The van der Waals surface area contributed by atoms with Gasteiger partial charge in [-0.2, -0.15) is 4.31 Å². The van der Waals surface area contributed by atoms with Crippen molar-refractivity contribution < 1.29 is 22.7 Å². The Balaban J connectivity index is 2.11. The van der Waals surface area contributed by atoms with E-state index in [2.05, 4.69) is 0 Å². The molecule has 28 heavy (non-hydrogen) atoms. The van der Waals surface area contributed by atoms with Gasteiger partial charge in [-0.15, -0.1) is 0 Å². The molecule has 1 atom stereocenters. The lowest BCUT2D eigenvalue weighted by atomic mass is 10.2. The number of nitrogens with zero attached hydrogens (tertiary/aromatic N) is 2. The van der Waals surface area contributed by atoms with Crippen LogP contribution in [0.3, 0.4) is 0 Å². The summed E-state index contributed by atoms with van der Waals surface area (Å²) in [6, 6.07) is 5.50. The van der Waals surface area contributed by atoms with Gasteiger partial charge in [0.2, 0.25) is 10.0 Å². The first-order valence-corrected chi connectivity index (χ1v) is 11.2. The minimum atomic E-state index is -3.71. The summed E-state index contributed by atoms with van der Waals surface area (Å²) in [4.78, 5) is 26.8. The van der Waals surface area contributed by atoms with Crippen LogP contribution in [0.4, 0.5) is 0 Å². The summed E-state index contributed by atoms with van der Waals surface area (Å²) < 4.78 is 31.8. The second-order valence-corrected chi connectivity index (χ2v) is 9.43. The van der Waals surface area contributed by atoms with Gasteiger partial charge in [0.05, 0.1) is 10.5 Å². The van der Waals surface area contributed by atoms with E-state index >= 15 is 0 Å². The quantitative estimate of drug-likeness (QED) is 0.673. The van der Waals surface area contributed by atoms with Crippen molar-refractivity contribution >= 4 is 21.9 Å². The number of carbonyl (C=O) groups is 2. The van der Waals surface area contributed by atoms with Gasteiger partial charge in [-0.3, -0.25) is 4.79 Å². The van der Waals surface area contributed by atoms with Crippen molar-refractivity contribution in [2.45, 2.75) is 63.5 Å². The minimum Gasteiger partial charge on any atom is -0.449 e. The molecule has 7 nitrogen and oxygen atoms in total. The van der Waals surface area contributed by atoms with E-state index in [9.17, 15) is 18.0 Å². The topological polar surface area (TPSA) is 84.0 Å². The van der Waals surface area contributed by atoms with Gasteiger partial charge in [0.1, 0.15) is 0 Å². The summed E-state index contributed by atoms with van der Waals surface area (Å²) in [7, 11) is -2.22. The molecule has 0 aromatic heterocycles. The zero-order chi connectivity index (χ0) is 20.9. The highest BCUT2D eigenvalue weighted by atomic mass is 32.2. The lowest BCUT2D eigenvalue weighted by Gasteiger charge is -2.24. The molecule has 0 spiro atoms. The van der Waals surface area contributed by atoms with E-state index in [4.69, 9.17) is 4.74 Å². The molecule has 0 radical (unpaired) electrons. The minimum absolute atomic E-state index is 0.0182. The molecule has 1 amide bonds. The van der Waals surface area contributed by atoms with Crippen LogP contribution in [0.15, 0.2) is 29.2 Å². The van der Waals surface area contributed by atoms with Crippen molar-refractivity contribution in [2.75, 3.05) is 20.1 Å². The van der Waals surface area contributed by atoms with Gasteiger partial charge in [0.15, 0.2) is 6.10 Å². The highest BCUT2D eigenvalue weighted by Gasteiger charge is 2.27. The molecule has 1 aromatic carbocycles. The first-order chi connectivity index (χ1) is 13.1. The maximum Gasteiger partial charge on any atom is 0.338 e. The van der Waals surface area contributed by atoms with E-state index in [1.54, 1.807) is 25.7 Å².